The zero-order valence-electron chi connectivity index (χ0n) is 23.5. The molecule has 4 aromatic rings. The molecule has 0 N–H and O–H groups in total. The Kier molecular flexibility index (Phi) is 7.96. The number of nitrogens with zero attached hydrogens (tertiary/aromatic N) is 1. The molecule has 0 bridgehead atoms. The van der Waals surface area contributed by atoms with Crippen LogP contribution in [0, 0.1) is 6.92 Å². The van der Waals surface area contributed by atoms with Crippen molar-refractivity contribution < 1.29 is 41.7 Å². The zero-order valence-corrected chi connectivity index (χ0v) is 25.1. The number of halogens is 1. The van der Waals surface area contributed by atoms with Crippen LogP contribution in [0.3, 0.4) is 0 Å². The van der Waals surface area contributed by atoms with Gasteiger partial charge in [-0.25, -0.2) is 13.2 Å². The lowest BCUT2D eigenvalue weighted by Gasteiger charge is -2.29. The summed E-state index contributed by atoms with van der Waals surface area (Å²) < 4.78 is 56.8. The smallest absolute Gasteiger partial charge is 0.497 e. The molecule has 0 aliphatic carbocycles. The summed E-state index contributed by atoms with van der Waals surface area (Å²) in [4.78, 5) is 27.8. The maximum atomic E-state index is 14.8. The highest BCUT2D eigenvalue weighted by molar-refractivity contribution is 7.93. The van der Waals surface area contributed by atoms with Crippen molar-refractivity contribution in [3.05, 3.63) is 107 Å². The Labute approximate surface area is 253 Å². The van der Waals surface area contributed by atoms with Crippen molar-refractivity contribution in [1.82, 2.24) is 0 Å². The Hall–Kier alpha value is -4.74. The van der Waals surface area contributed by atoms with Crippen LogP contribution in [0.5, 0.6) is 23.0 Å². The number of anilines is 1. The molecule has 0 saturated heterocycles. The van der Waals surface area contributed by atoms with Gasteiger partial charge in [0.1, 0.15) is 27.9 Å². The topological polar surface area (TPSA) is 118 Å². The van der Waals surface area contributed by atoms with E-state index >= 15 is 0 Å². The normalized spacial score (nSPS) is 15.9. The molecule has 1 aliphatic heterocycles. The Bertz CT molecular complexity index is 1830. The number of aryl methyl sites for hydroxylation is 1. The first-order valence-electron chi connectivity index (χ1n) is 12.8. The third-order valence-electron chi connectivity index (χ3n) is 6.92. The van der Waals surface area contributed by atoms with Gasteiger partial charge in [-0.2, -0.15) is 4.31 Å². The quantitative estimate of drug-likeness (QED) is 0.175. The average Bonchev–Trinajstić information content (AvgIpc) is 3.24. The van der Waals surface area contributed by atoms with Crippen LogP contribution >= 0.6 is 11.6 Å². The molecular formula is C31H26ClNO9S. The van der Waals surface area contributed by atoms with E-state index in [-0.39, 0.29) is 44.0 Å². The number of rotatable bonds is 8. The van der Waals surface area contributed by atoms with Crippen LogP contribution in [0.15, 0.2) is 89.8 Å². The first-order valence-corrected chi connectivity index (χ1v) is 14.6. The van der Waals surface area contributed by atoms with Crippen LogP contribution in [0.2, 0.25) is 5.02 Å². The number of amides is 1. The van der Waals surface area contributed by atoms with Crippen molar-refractivity contribution in [2.75, 3.05) is 25.6 Å². The van der Waals surface area contributed by atoms with E-state index < -0.39 is 27.7 Å². The Morgan fingerprint density at radius 2 is 1.47 bits per heavy atom. The van der Waals surface area contributed by atoms with Gasteiger partial charge in [-0.05, 0) is 55.0 Å². The first kappa shape index (κ1) is 29.7. The van der Waals surface area contributed by atoms with E-state index in [1.807, 2.05) is 0 Å². The molecule has 222 valence electrons. The molecule has 1 aliphatic rings. The molecule has 1 atom stereocenters. The van der Waals surface area contributed by atoms with Gasteiger partial charge in [0.15, 0.2) is 0 Å². The van der Waals surface area contributed by atoms with Gasteiger partial charge in [0.05, 0.1) is 32.6 Å². The second-order valence-electron chi connectivity index (χ2n) is 9.36. The number of hydrogen-bond donors (Lipinski definition) is 0. The third-order valence-corrected chi connectivity index (χ3v) is 9.06. The Morgan fingerprint density at radius 1 is 0.791 bits per heavy atom. The average molecular weight is 624 g/mol. The van der Waals surface area contributed by atoms with Crippen LogP contribution in [0.4, 0.5) is 10.5 Å². The fourth-order valence-electron chi connectivity index (χ4n) is 4.89. The molecule has 10 nitrogen and oxygen atoms in total. The Balaban J connectivity index is 1.78. The van der Waals surface area contributed by atoms with Gasteiger partial charge in [-0.15, -0.1) is 0 Å². The number of para-hydroxylation sites is 2. The molecule has 12 heteroatoms. The van der Waals surface area contributed by atoms with Gasteiger partial charge in [-0.3, -0.25) is 4.79 Å². The molecule has 0 saturated carbocycles. The number of hydrogen-bond acceptors (Lipinski definition) is 9. The molecule has 0 spiro atoms. The number of benzene rings is 4. The standard InChI is InChI=1S/C31H26ClNO9S/c1-19-16-25-23(18-24(19)32)31(22-12-8-9-13-26(22)39-3,42-30(35)41-20-10-6-5-7-11-20)29(34)33(25)43(36,37)28-15-14-21(38-2)17-27(28)40-4/h5-18H,1-4H3. The fourth-order valence-corrected chi connectivity index (χ4v) is 6.64. The lowest BCUT2D eigenvalue weighted by molar-refractivity contribution is -0.132. The van der Waals surface area contributed by atoms with Crippen molar-refractivity contribution in [1.29, 1.82) is 0 Å². The lowest BCUT2D eigenvalue weighted by atomic mass is 9.86. The van der Waals surface area contributed by atoms with Crippen molar-refractivity contribution in [3.8, 4) is 23.0 Å². The molecule has 4 aromatic carbocycles. The predicted molar refractivity (Wildman–Crippen MR) is 158 cm³/mol. The molecule has 1 heterocycles. The molecule has 43 heavy (non-hydrogen) atoms. The van der Waals surface area contributed by atoms with E-state index in [0.717, 1.165) is 0 Å². The van der Waals surface area contributed by atoms with Crippen molar-refractivity contribution in [3.63, 3.8) is 0 Å². The van der Waals surface area contributed by atoms with Crippen LogP contribution in [0.25, 0.3) is 0 Å². The van der Waals surface area contributed by atoms with Gasteiger partial charge >= 0.3 is 6.16 Å². The van der Waals surface area contributed by atoms with E-state index in [1.165, 1.54) is 69.9 Å². The molecule has 5 rings (SSSR count). The number of carbonyl (C=O) groups is 2. The van der Waals surface area contributed by atoms with E-state index in [2.05, 4.69) is 0 Å². The van der Waals surface area contributed by atoms with Gasteiger partial charge in [0.2, 0.25) is 0 Å². The SMILES string of the molecule is COc1ccc(S(=O)(=O)N2C(=O)C(OC(=O)Oc3ccccc3)(c3ccccc3OC)c3cc(Cl)c(C)cc32)c(OC)c1. The molecular weight excluding hydrogens is 598 g/mol. The summed E-state index contributed by atoms with van der Waals surface area (Å²) in [6.07, 6.45) is -1.27. The second-order valence-corrected chi connectivity index (χ2v) is 11.5. The minimum absolute atomic E-state index is 0.0151. The number of sulfonamides is 1. The van der Waals surface area contributed by atoms with E-state index in [9.17, 15) is 18.0 Å². The van der Waals surface area contributed by atoms with E-state index in [4.69, 9.17) is 35.3 Å². The van der Waals surface area contributed by atoms with Gasteiger partial charge < -0.3 is 23.7 Å². The number of fused-ring (bicyclic) bond motifs is 1. The van der Waals surface area contributed by atoms with Crippen molar-refractivity contribution >= 4 is 39.4 Å². The number of methoxy groups -OCH3 is 3. The maximum absolute atomic E-state index is 14.8. The minimum Gasteiger partial charge on any atom is -0.497 e. The third kappa shape index (κ3) is 5.00. The minimum atomic E-state index is -4.70. The van der Waals surface area contributed by atoms with E-state index in [1.54, 1.807) is 43.3 Å². The fraction of sp³-hybridized carbons (Fsp3) is 0.161. The summed E-state index contributed by atoms with van der Waals surface area (Å²) in [6, 6.07) is 21.2. The lowest BCUT2D eigenvalue weighted by Crippen LogP contribution is -2.47. The summed E-state index contributed by atoms with van der Waals surface area (Å²) in [5.74, 6) is -0.577. The van der Waals surface area contributed by atoms with Crippen LogP contribution < -0.4 is 23.3 Å². The molecule has 0 fully saturated rings. The summed E-state index contributed by atoms with van der Waals surface area (Å²) in [6.45, 7) is 1.65. The Morgan fingerprint density at radius 3 is 2.14 bits per heavy atom. The molecule has 1 unspecified atom stereocenters. The van der Waals surface area contributed by atoms with Crippen molar-refractivity contribution in [2.24, 2.45) is 0 Å². The van der Waals surface area contributed by atoms with E-state index in [0.29, 0.717) is 15.6 Å². The maximum Gasteiger partial charge on any atom is 0.515 e. The summed E-state index contributed by atoms with van der Waals surface area (Å²) in [5, 5.41) is 0.201. The number of ether oxygens (including phenoxy) is 5. The molecule has 1 amide bonds. The highest BCUT2D eigenvalue weighted by atomic mass is 35.5. The first-order chi connectivity index (χ1) is 20.6. The summed E-state index contributed by atoms with van der Waals surface area (Å²) in [5.41, 5.74) is -1.97. The van der Waals surface area contributed by atoms with Crippen LogP contribution in [0.1, 0.15) is 16.7 Å². The van der Waals surface area contributed by atoms with Crippen LogP contribution in [-0.4, -0.2) is 41.8 Å². The van der Waals surface area contributed by atoms with Crippen molar-refractivity contribution in [2.45, 2.75) is 17.4 Å². The van der Waals surface area contributed by atoms with Gasteiger partial charge in [0, 0.05) is 16.7 Å². The highest BCUT2D eigenvalue weighted by Crippen LogP contribution is 2.53. The van der Waals surface area contributed by atoms with Gasteiger partial charge in [-0.1, -0.05) is 48.0 Å². The number of carbonyl (C=O) groups excluding carboxylic acids is 2. The predicted octanol–water partition coefficient (Wildman–Crippen LogP) is 5.87. The van der Waals surface area contributed by atoms with Gasteiger partial charge in [0.25, 0.3) is 21.5 Å². The highest BCUT2D eigenvalue weighted by Gasteiger charge is 2.61. The molecule has 0 aromatic heterocycles. The largest absolute Gasteiger partial charge is 0.515 e. The second kappa shape index (κ2) is 11.5. The zero-order chi connectivity index (χ0) is 30.9. The van der Waals surface area contributed by atoms with Crippen LogP contribution in [-0.2, 0) is 25.2 Å². The monoisotopic (exact) mass is 623 g/mol. The summed E-state index contributed by atoms with van der Waals surface area (Å²) >= 11 is 6.54. The summed E-state index contributed by atoms with van der Waals surface area (Å²) in [7, 11) is -0.625. The molecule has 0 radical (unpaired) electrons.